The number of rotatable bonds is 9. The van der Waals surface area contributed by atoms with Crippen molar-refractivity contribution in [2.75, 3.05) is 0 Å². The molecule has 5 heteroatoms. The van der Waals surface area contributed by atoms with Gasteiger partial charge in [0, 0.05) is 0 Å². The van der Waals surface area contributed by atoms with Gasteiger partial charge < -0.3 is 15.5 Å². The minimum absolute atomic E-state index is 0.169. The van der Waals surface area contributed by atoms with Crippen LogP contribution in [-0.2, 0) is 16.0 Å². The van der Waals surface area contributed by atoms with E-state index in [1.807, 2.05) is 44.2 Å². The minimum Gasteiger partial charge on any atom is -0.480 e. The van der Waals surface area contributed by atoms with Gasteiger partial charge in [0.1, 0.15) is 12.1 Å². The van der Waals surface area contributed by atoms with Crippen LogP contribution in [0, 0.1) is 5.92 Å². The molecule has 5 nitrogen and oxygen atoms in total. The lowest BCUT2D eigenvalue weighted by molar-refractivity contribution is -0.143. The monoisotopic (exact) mass is 307 g/mol. The molecule has 2 atom stereocenters. The topological polar surface area (TPSA) is 86.6 Å². The maximum absolute atomic E-state index is 11.8. The Morgan fingerprint density at radius 3 is 2.36 bits per heavy atom. The summed E-state index contributed by atoms with van der Waals surface area (Å²) in [6.45, 7) is 3.79. The molecule has 0 saturated carbocycles. The quantitative estimate of drug-likeness (QED) is 0.651. The van der Waals surface area contributed by atoms with Gasteiger partial charge in [0.25, 0.3) is 0 Å². The summed E-state index contributed by atoms with van der Waals surface area (Å²) in [5.74, 6) is -1.51. The molecule has 122 valence electrons. The highest BCUT2D eigenvalue weighted by Gasteiger charge is 2.24. The smallest absolute Gasteiger partial charge is 0.326 e. The molecule has 1 aromatic carbocycles. The van der Waals surface area contributed by atoms with Crippen molar-refractivity contribution in [2.24, 2.45) is 5.92 Å². The fraction of sp³-hybridized carbons (Fsp3) is 0.529. The van der Waals surface area contributed by atoms with Crippen LogP contribution in [0.15, 0.2) is 30.3 Å². The third-order valence-electron chi connectivity index (χ3n) is 3.41. The summed E-state index contributed by atoms with van der Waals surface area (Å²) in [6, 6.07) is 8.82. The molecule has 0 heterocycles. The highest BCUT2D eigenvalue weighted by atomic mass is 16.4. The van der Waals surface area contributed by atoms with Crippen LogP contribution in [0.25, 0.3) is 0 Å². The number of aryl methyl sites for hydroxylation is 1. The average molecular weight is 307 g/mol. The maximum atomic E-state index is 11.8. The van der Waals surface area contributed by atoms with Crippen molar-refractivity contribution in [3.63, 3.8) is 0 Å². The van der Waals surface area contributed by atoms with Crippen molar-refractivity contribution in [2.45, 2.75) is 51.7 Å². The number of aliphatic hydroxyl groups is 1. The van der Waals surface area contributed by atoms with E-state index in [4.69, 9.17) is 0 Å². The van der Waals surface area contributed by atoms with Crippen LogP contribution in [-0.4, -0.2) is 34.2 Å². The van der Waals surface area contributed by atoms with Crippen molar-refractivity contribution >= 4 is 11.9 Å². The van der Waals surface area contributed by atoms with Gasteiger partial charge in [0.15, 0.2) is 0 Å². The molecule has 22 heavy (non-hydrogen) atoms. The number of hydrogen-bond donors (Lipinski definition) is 3. The van der Waals surface area contributed by atoms with Gasteiger partial charge in [0.05, 0.1) is 0 Å². The molecule has 1 amide bonds. The number of carboxylic acids is 1. The number of carbonyl (C=O) groups is 2. The van der Waals surface area contributed by atoms with Gasteiger partial charge in [-0.05, 0) is 37.2 Å². The van der Waals surface area contributed by atoms with E-state index in [1.54, 1.807) is 0 Å². The zero-order chi connectivity index (χ0) is 16.5. The van der Waals surface area contributed by atoms with E-state index >= 15 is 0 Å². The summed E-state index contributed by atoms with van der Waals surface area (Å²) in [4.78, 5) is 23.0. The van der Waals surface area contributed by atoms with E-state index in [0.29, 0.717) is 19.3 Å². The van der Waals surface area contributed by atoms with Gasteiger partial charge in [-0.2, -0.15) is 0 Å². The molecule has 0 radical (unpaired) electrons. The van der Waals surface area contributed by atoms with Gasteiger partial charge >= 0.3 is 5.97 Å². The van der Waals surface area contributed by atoms with Crippen LogP contribution in [0.1, 0.15) is 38.7 Å². The van der Waals surface area contributed by atoms with Crippen LogP contribution in [0.2, 0.25) is 0 Å². The lowest BCUT2D eigenvalue weighted by Gasteiger charge is -2.18. The number of aliphatic hydroxyl groups excluding tert-OH is 1. The van der Waals surface area contributed by atoms with Gasteiger partial charge in [0.2, 0.25) is 5.91 Å². The number of aliphatic carboxylic acids is 1. The Kier molecular flexibility index (Phi) is 7.60. The number of amides is 1. The third kappa shape index (κ3) is 6.72. The Balaban J connectivity index is 2.45. The number of hydrogen-bond acceptors (Lipinski definition) is 3. The molecule has 0 aliphatic carbocycles. The standard InChI is InChI=1S/C17H25NO4/c1-12(2)11-15(19)16(20)18-14(17(21)22)10-6-9-13-7-4-3-5-8-13/h3-5,7-8,12,14-15,19H,6,9-11H2,1-2H3,(H,18,20)(H,21,22)/t14-,15-/m1/s1. The minimum atomic E-state index is -1.16. The highest BCUT2D eigenvalue weighted by molar-refractivity contribution is 5.86. The van der Waals surface area contributed by atoms with E-state index in [2.05, 4.69) is 5.32 Å². The second-order valence-electron chi connectivity index (χ2n) is 5.92. The van der Waals surface area contributed by atoms with Crippen molar-refractivity contribution in [1.29, 1.82) is 0 Å². The van der Waals surface area contributed by atoms with Crippen LogP contribution < -0.4 is 5.32 Å². The van der Waals surface area contributed by atoms with Crippen LogP contribution in [0.5, 0.6) is 0 Å². The summed E-state index contributed by atoms with van der Waals surface area (Å²) in [5.41, 5.74) is 1.14. The predicted octanol–water partition coefficient (Wildman–Crippen LogP) is 1.99. The summed E-state index contributed by atoms with van der Waals surface area (Å²) >= 11 is 0. The van der Waals surface area contributed by atoms with Gasteiger partial charge in [-0.3, -0.25) is 4.79 Å². The zero-order valence-corrected chi connectivity index (χ0v) is 13.2. The second kappa shape index (κ2) is 9.20. The third-order valence-corrected chi connectivity index (χ3v) is 3.41. The van der Waals surface area contributed by atoms with Crippen molar-refractivity contribution in [3.05, 3.63) is 35.9 Å². The lowest BCUT2D eigenvalue weighted by Crippen LogP contribution is -2.45. The maximum Gasteiger partial charge on any atom is 0.326 e. The van der Waals surface area contributed by atoms with Gasteiger partial charge in [-0.1, -0.05) is 44.2 Å². The Morgan fingerprint density at radius 2 is 1.82 bits per heavy atom. The van der Waals surface area contributed by atoms with Crippen molar-refractivity contribution in [1.82, 2.24) is 5.32 Å². The van der Waals surface area contributed by atoms with E-state index < -0.39 is 24.0 Å². The largest absolute Gasteiger partial charge is 0.480 e. The Morgan fingerprint density at radius 1 is 1.18 bits per heavy atom. The number of carboxylic acid groups (broad SMARTS) is 1. The van der Waals surface area contributed by atoms with Gasteiger partial charge in [-0.15, -0.1) is 0 Å². The van der Waals surface area contributed by atoms with Crippen LogP contribution >= 0.6 is 0 Å². The molecule has 0 spiro atoms. The normalized spacial score (nSPS) is 13.6. The molecule has 0 aromatic heterocycles. The molecule has 3 N–H and O–H groups in total. The molecular formula is C17H25NO4. The first-order chi connectivity index (χ1) is 10.4. The van der Waals surface area contributed by atoms with E-state index in [-0.39, 0.29) is 5.92 Å². The SMILES string of the molecule is CC(C)C[C@@H](O)C(=O)N[C@H](CCCc1ccccc1)C(=O)O. The molecule has 1 rings (SSSR count). The van der Waals surface area contributed by atoms with E-state index in [1.165, 1.54) is 0 Å². The Hall–Kier alpha value is -1.88. The van der Waals surface area contributed by atoms with E-state index in [0.717, 1.165) is 12.0 Å². The molecular weight excluding hydrogens is 282 g/mol. The molecule has 1 aromatic rings. The van der Waals surface area contributed by atoms with E-state index in [9.17, 15) is 19.8 Å². The highest BCUT2D eigenvalue weighted by Crippen LogP contribution is 2.09. The van der Waals surface area contributed by atoms with Crippen molar-refractivity contribution in [3.8, 4) is 0 Å². The van der Waals surface area contributed by atoms with Gasteiger partial charge in [-0.25, -0.2) is 4.79 Å². The molecule has 0 aliphatic rings. The molecule has 0 aliphatic heterocycles. The lowest BCUT2D eigenvalue weighted by atomic mass is 10.0. The predicted molar refractivity (Wildman–Crippen MR) is 84.4 cm³/mol. The Bertz CT molecular complexity index is 473. The molecule has 0 fully saturated rings. The number of nitrogens with one attached hydrogen (secondary N) is 1. The van der Waals surface area contributed by atoms with Crippen molar-refractivity contribution < 1.29 is 19.8 Å². The summed E-state index contributed by atoms with van der Waals surface area (Å²) in [6.07, 6.45) is 0.916. The molecule has 0 saturated heterocycles. The fourth-order valence-electron chi connectivity index (χ4n) is 2.23. The molecule has 0 unspecified atom stereocenters. The first-order valence-electron chi connectivity index (χ1n) is 7.65. The zero-order valence-electron chi connectivity index (χ0n) is 13.2. The molecule has 0 bridgehead atoms. The summed E-state index contributed by atoms with van der Waals surface area (Å²) < 4.78 is 0. The first kappa shape index (κ1) is 18.2. The fourth-order valence-corrected chi connectivity index (χ4v) is 2.23. The average Bonchev–Trinajstić information content (AvgIpc) is 2.46. The summed E-state index contributed by atoms with van der Waals surface area (Å²) in [5, 5.41) is 21.3. The van der Waals surface area contributed by atoms with Crippen LogP contribution in [0.3, 0.4) is 0 Å². The second-order valence-corrected chi connectivity index (χ2v) is 5.92. The number of benzene rings is 1. The Labute approximate surface area is 131 Å². The first-order valence-corrected chi connectivity index (χ1v) is 7.65. The van der Waals surface area contributed by atoms with Crippen LogP contribution in [0.4, 0.5) is 0 Å². The summed E-state index contributed by atoms with van der Waals surface area (Å²) in [7, 11) is 0. The number of carbonyl (C=O) groups excluding carboxylic acids is 1.